The fourth-order valence-corrected chi connectivity index (χ4v) is 3.12. The van der Waals surface area contributed by atoms with Crippen LogP contribution in [0.4, 0.5) is 0 Å². The van der Waals surface area contributed by atoms with Gasteiger partial charge in [0.05, 0.1) is 0 Å². The van der Waals surface area contributed by atoms with Crippen molar-refractivity contribution in [3.05, 3.63) is 11.8 Å². The smallest absolute Gasteiger partial charge is 0.310 e. The molecule has 0 saturated heterocycles. The Hall–Kier alpha value is -1.12. The Bertz CT molecular complexity index is 357. The van der Waals surface area contributed by atoms with Crippen molar-refractivity contribution in [3.8, 4) is 0 Å². The van der Waals surface area contributed by atoms with Crippen LogP contribution in [0.15, 0.2) is 11.8 Å². The Labute approximate surface area is 109 Å². The molecule has 0 aliphatic heterocycles. The number of esters is 1. The highest BCUT2D eigenvalue weighted by Crippen LogP contribution is 2.40. The molecular formula is C15H22O3. The third kappa shape index (κ3) is 3.01. The molecule has 0 aromatic heterocycles. The lowest BCUT2D eigenvalue weighted by Crippen LogP contribution is -2.32. The van der Waals surface area contributed by atoms with Gasteiger partial charge in [0.2, 0.25) is 0 Å². The zero-order chi connectivity index (χ0) is 13.0. The maximum absolute atomic E-state index is 12.3. The Morgan fingerprint density at radius 3 is 2.89 bits per heavy atom. The maximum Gasteiger partial charge on any atom is 0.310 e. The summed E-state index contributed by atoms with van der Waals surface area (Å²) < 4.78 is 5.05. The van der Waals surface area contributed by atoms with Crippen LogP contribution < -0.4 is 0 Å². The topological polar surface area (TPSA) is 43.4 Å². The van der Waals surface area contributed by atoms with Crippen LogP contribution in [0.5, 0.6) is 0 Å². The molecular weight excluding hydrogens is 228 g/mol. The van der Waals surface area contributed by atoms with E-state index < -0.39 is 0 Å². The van der Waals surface area contributed by atoms with Crippen LogP contribution in [-0.2, 0) is 14.3 Å². The minimum atomic E-state index is -0.233. The molecule has 0 bridgehead atoms. The van der Waals surface area contributed by atoms with Gasteiger partial charge in [-0.1, -0.05) is 19.8 Å². The van der Waals surface area contributed by atoms with Crippen molar-refractivity contribution in [3.63, 3.8) is 0 Å². The molecule has 2 rings (SSSR count). The summed E-state index contributed by atoms with van der Waals surface area (Å²) in [7, 11) is 0. The summed E-state index contributed by atoms with van der Waals surface area (Å²) in [6.07, 6.45) is 9.11. The van der Waals surface area contributed by atoms with Gasteiger partial charge in [0, 0.05) is 17.9 Å². The molecule has 3 heteroatoms. The van der Waals surface area contributed by atoms with Gasteiger partial charge >= 0.3 is 5.97 Å². The van der Waals surface area contributed by atoms with E-state index in [1.54, 1.807) is 0 Å². The van der Waals surface area contributed by atoms with Crippen molar-refractivity contribution in [2.24, 2.45) is 11.8 Å². The van der Waals surface area contributed by atoms with Crippen LogP contribution >= 0.6 is 0 Å². The fraction of sp³-hybridized carbons (Fsp3) is 0.733. The Kier molecular flexibility index (Phi) is 4.56. The summed E-state index contributed by atoms with van der Waals surface area (Å²) in [5.74, 6) is 0.775. The van der Waals surface area contributed by atoms with Gasteiger partial charge in [-0.15, -0.1) is 0 Å². The minimum Gasteiger partial charge on any atom is -0.434 e. The van der Waals surface area contributed by atoms with Crippen LogP contribution in [0, 0.1) is 11.8 Å². The van der Waals surface area contributed by atoms with Crippen molar-refractivity contribution in [2.45, 2.75) is 58.3 Å². The summed E-state index contributed by atoms with van der Waals surface area (Å²) in [4.78, 5) is 23.6. The molecule has 0 heterocycles. The molecule has 0 N–H and O–H groups in total. The summed E-state index contributed by atoms with van der Waals surface area (Å²) in [5, 5.41) is 0. The largest absolute Gasteiger partial charge is 0.434 e. The van der Waals surface area contributed by atoms with E-state index in [9.17, 15) is 9.59 Å². The van der Waals surface area contributed by atoms with Gasteiger partial charge in [0.25, 0.3) is 0 Å². The number of ether oxygens (including phenoxy) is 1. The van der Waals surface area contributed by atoms with E-state index >= 15 is 0 Å². The SMILES string of the molecule is CCCC(=O)O/C=C1\CCC2CCCCC2C1=O. The van der Waals surface area contributed by atoms with Crippen LogP contribution in [-0.4, -0.2) is 11.8 Å². The lowest BCUT2D eigenvalue weighted by molar-refractivity contribution is -0.138. The first-order valence-corrected chi connectivity index (χ1v) is 7.15. The second kappa shape index (κ2) is 6.17. The average molecular weight is 250 g/mol. The van der Waals surface area contributed by atoms with Gasteiger partial charge in [-0.25, -0.2) is 0 Å². The van der Waals surface area contributed by atoms with Crippen LogP contribution in [0.3, 0.4) is 0 Å². The second-order valence-electron chi connectivity index (χ2n) is 5.44. The lowest BCUT2D eigenvalue weighted by atomic mass is 9.69. The Morgan fingerprint density at radius 1 is 1.33 bits per heavy atom. The Morgan fingerprint density at radius 2 is 2.11 bits per heavy atom. The number of hydrogen-bond donors (Lipinski definition) is 0. The molecule has 0 amide bonds. The van der Waals surface area contributed by atoms with Crippen LogP contribution in [0.1, 0.15) is 58.3 Å². The molecule has 18 heavy (non-hydrogen) atoms. The Balaban J connectivity index is 1.95. The van der Waals surface area contributed by atoms with Crippen molar-refractivity contribution < 1.29 is 14.3 Å². The van der Waals surface area contributed by atoms with Gasteiger partial charge in [-0.2, -0.15) is 0 Å². The molecule has 2 atom stereocenters. The van der Waals surface area contributed by atoms with Crippen molar-refractivity contribution in [1.29, 1.82) is 0 Å². The highest BCUT2D eigenvalue weighted by Gasteiger charge is 2.36. The lowest BCUT2D eigenvalue weighted by Gasteiger charge is -2.35. The first-order chi connectivity index (χ1) is 8.72. The number of allylic oxidation sites excluding steroid dienone is 1. The van der Waals surface area contributed by atoms with Gasteiger partial charge in [-0.05, 0) is 38.0 Å². The quantitative estimate of drug-likeness (QED) is 0.438. The van der Waals surface area contributed by atoms with E-state index in [0.29, 0.717) is 12.3 Å². The van der Waals surface area contributed by atoms with Gasteiger partial charge in [0.1, 0.15) is 6.26 Å². The molecule has 2 unspecified atom stereocenters. The van der Waals surface area contributed by atoms with Gasteiger partial charge in [-0.3, -0.25) is 9.59 Å². The van der Waals surface area contributed by atoms with Gasteiger partial charge in [0.15, 0.2) is 5.78 Å². The average Bonchev–Trinajstić information content (AvgIpc) is 2.39. The molecule has 0 aromatic carbocycles. The number of carbonyl (C=O) groups is 2. The van der Waals surface area contributed by atoms with Crippen molar-refractivity contribution in [1.82, 2.24) is 0 Å². The number of carbonyl (C=O) groups excluding carboxylic acids is 2. The van der Waals surface area contributed by atoms with E-state index in [-0.39, 0.29) is 17.7 Å². The molecule has 0 aromatic rings. The fourth-order valence-electron chi connectivity index (χ4n) is 3.12. The summed E-state index contributed by atoms with van der Waals surface area (Å²) in [6.45, 7) is 1.94. The highest BCUT2D eigenvalue weighted by atomic mass is 16.5. The number of rotatable bonds is 3. The monoisotopic (exact) mass is 250 g/mol. The molecule has 2 saturated carbocycles. The van der Waals surface area contributed by atoms with E-state index in [2.05, 4.69) is 0 Å². The first-order valence-electron chi connectivity index (χ1n) is 7.15. The van der Waals surface area contributed by atoms with Crippen LogP contribution in [0.2, 0.25) is 0 Å². The number of ketones is 1. The maximum atomic E-state index is 12.3. The van der Waals surface area contributed by atoms with E-state index in [0.717, 1.165) is 37.7 Å². The second-order valence-corrected chi connectivity index (χ2v) is 5.44. The number of fused-ring (bicyclic) bond motifs is 1. The normalized spacial score (nSPS) is 30.1. The third-order valence-corrected chi connectivity index (χ3v) is 4.13. The highest BCUT2D eigenvalue weighted by molar-refractivity contribution is 5.98. The van der Waals surface area contributed by atoms with Crippen molar-refractivity contribution >= 4 is 11.8 Å². The molecule has 2 fully saturated rings. The molecule has 0 spiro atoms. The molecule has 3 nitrogen and oxygen atoms in total. The number of hydrogen-bond acceptors (Lipinski definition) is 3. The third-order valence-electron chi connectivity index (χ3n) is 4.13. The molecule has 0 radical (unpaired) electrons. The van der Waals surface area contributed by atoms with Crippen molar-refractivity contribution in [2.75, 3.05) is 0 Å². The van der Waals surface area contributed by atoms with Gasteiger partial charge < -0.3 is 4.74 Å². The zero-order valence-corrected chi connectivity index (χ0v) is 11.1. The minimum absolute atomic E-state index is 0.198. The zero-order valence-electron chi connectivity index (χ0n) is 11.1. The molecule has 100 valence electrons. The van der Waals surface area contributed by atoms with E-state index in [4.69, 9.17) is 4.74 Å². The van der Waals surface area contributed by atoms with Crippen LogP contribution in [0.25, 0.3) is 0 Å². The predicted molar refractivity (Wildman–Crippen MR) is 68.8 cm³/mol. The summed E-state index contributed by atoms with van der Waals surface area (Å²) in [5.41, 5.74) is 0.725. The van der Waals surface area contributed by atoms with E-state index in [1.165, 1.54) is 19.1 Å². The molecule has 2 aliphatic rings. The number of Topliss-reactive ketones (excluding diaryl/α,β-unsaturated/α-hetero) is 1. The van der Waals surface area contributed by atoms with E-state index in [1.807, 2.05) is 6.92 Å². The molecule has 2 aliphatic carbocycles. The first kappa shape index (κ1) is 13.3. The predicted octanol–water partition coefficient (Wildman–Crippen LogP) is 3.38. The standard InChI is InChI=1S/C15H22O3/c1-2-5-14(16)18-10-12-9-8-11-6-3-4-7-13(11)15(12)17/h10-11,13H,2-9H2,1H3/b12-10+. The summed E-state index contributed by atoms with van der Waals surface area (Å²) in [6, 6.07) is 0. The summed E-state index contributed by atoms with van der Waals surface area (Å²) >= 11 is 0.